The lowest BCUT2D eigenvalue weighted by Crippen LogP contribution is -1.92. The van der Waals surface area contributed by atoms with Gasteiger partial charge in [-0.3, -0.25) is 15.0 Å². The van der Waals surface area contributed by atoms with Crippen molar-refractivity contribution in [2.24, 2.45) is 0 Å². The molecule has 0 radical (unpaired) electrons. The maximum absolute atomic E-state index is 4.37. The van der Waals surface area contributed by atoms with Gasteiger partial charge in [0, 0.05) is 35.7 Å². The SMILES string of the molecule is C.CC.CC.CC.Cc1cc(C(C)C)ccn1.Cc1cccc(C(C)C)n1.Cc1cncc(C(C)C)c1. The van der Waals surface area contributed by atoms with Crippen molar-refractivity contribution in [1.82, 2.24) is 15.0 Å². The summed E-state index contributed by atoms with van der Waals surface area (Å²) in [5.74, 6) is 1.74. The maximum Gasteiger partial charge on any atom is 0.0432 e. The zero-order valence-electron chi connectivity index (χ0n) is 26.3. The van der Waals surface area contributed by atoms with E-state index in [-0.39, 0.29) is 7.43 Å². The molecule has 0 saturated carbocycles. The molecular formula is C34H61N3. The number of rotatable bonds is 3. The van der Waals surface area contributed by atoms with E-state index in [1.54, 1.807) is 0 Å². The molecule has 212 valence electrons. The molecule has 3 heteroatoms. The van der Waals surface area contributed by atoms with E-state index in [2.05, 4.69) is 93.7 Å². The summed E-state index contributed by atoms with van der Waals surface area (Å²) >= 11 is 0. The molecule has 0 unspecified atom stereocenters. The number of aromatic nitrogens is 3. The van der Waals surface area contributed by atoms with E-state index in [0.29, 0.717) is 17.8 Å². The van der Waals surface area contributed by atoms with Gasteiger partial charge in [-0.1, -0.05) is 103 Å². The van der Waals surface area contributed by atoms with Crippen molar-refractivity contribution in [3.05, 3.63) is 88.8 Å². The van der Waals surface area contributed by atoms with E-state index in [0.717, 1.165) is 11.4 Å². The number of hydrogen-bond donors (Lipinski definition) is 0. The van der Waals surface area contributed by atoms with Crippen LogP contribution in [0.4, 0.5) is 0 Å². The van der Waals surface area contributed by atoms with Crippen LogP contribution in [0, 0.1) is 20.8 Å². The summed E-state index contributed by atoms with van der Waals surface area (Å²) in [6.45, 7) is 31.1. The van der Waals surface area contributed by atoms with Gasteiger partial charge in [-0.2, -0.15) is 0 Å². The smallest absolute Gasteiger partial charge is 0.0432 e. The fourth-order valence-corrected chi connectivity index (χ4v) is 2.71. The minimum Gasteiger partial charge on any atom is -0.264 e. The minimum absolute atomic E-state index is 0. The van der Waals surface area contributed by atoms with E-state index in [9.17, 15) is 0 Å². The molecule has 3 heterocycles. The monoisotopic (exact) mass is 511 g/mol. The first-order valence-electron chi connectivity index (χ1n) is 13.9. The lowest BCUT2D eigenvalue weighted by Gasteiger charge is -2.03. The predicted octanol–water partition coefficient (Wildman–Crippen LogP) is 11.3. The van der Waals surface area contributed by atoms with Crippen molar-refractivity contribution < 1.29 is 0 Å². The van der Waals surface area contributed by atoms with E-state index < -0.39 is 0 Å². The maximum atomic E-state index is 4.37. The number of hydrogen-bond acceptors (Lipinski definition) is 3. The number of aryl methyl sites for hydroxylation is 3. The van der Waals surface area contributed by atoms with Gasteiger partial charge in [0.15, 0.2) is 0 Å². The largest absolute Gasteiger partial charge is 0.264 e. The molecule has 0 aliphatic rings. The van der Waals surface area contributed by atoms with E-state index >= 15 is 0 Å². The van der Waals surface area contributed by atoms with Crippen molar-refractivity contribution in [1.29, 1.82) is 0 Å². The van der Waals surface area contributed by atoms with Crippen molar-refractivity contribution in [3.8, 4) is 0 Å². The van der Waals surface area contributed by atoms with Gasteiger partial charge in [-0.15, -0.1) is 0 Å². The van der Waals surface area contributed by atoms with Gasteiger partial charge in [0.05, 0.1) is 0 Å². The molecule has 3 aromatic rings. The molecule has 0 N–H and O–H groups in total. The van der Waals surface area contributed by atoms with Crippen LogP contribution in [-0.4, -0.2) is 15.0 Å². The molecule has 0 saturated heterocycles. The third-order valence-electron chi connectivity index (χ3n) is 4.65. The summed E-state index contributed by atoms with van der Waals surface area (Å²) in [4.78, 5) is 12.6. The van der Waals surface area contributed by atoms with E-state index in [4.69, 9.17) is 0 Å². The van der Waals surface area contributed by atoms with Crippen LogP contribution in [0.3, 0.4) is 0 Å². The second kappa shape index (κ2) is 26.5. The quantitative estimate of drug-likeness (QED) is 0.351. The average Bonchev–Trinajstić information content (AvgIpc) is 2.88. The molecule has 0 amide bonds. The molecule has 0 aliphatic carbocycles. The molecule has 3 rings (SSSR count). The lowest BCUT2D eigenvalue weighted by atomic mass is 10.0. The van der Waals surface area contributed by atoms with Gasteiger partial charge in [0.1, 0.15) is 0 Å². The lowest BCUT2D eigenvalue weighted by molar-refractivity contribution is 0.815. The fourth-order valence-electron chi connectivity index (χ4n) is 2.71. The van der Waals surface area contributed by atoms with Gasteiger partial charge in [-0.05, 0) is 79.5 Å². The van der Waals surface area contributed by atoms with Crippen molar-refractivity contribution >= 4 is 0 Å². The number of pyridine rings is 3. The highest BCUT2D eigenvalue weighted by Crippen LogP contribution is 2.14. The number of nitrogens with zero attached hydrogens (tertiary/aromatic N) is 3. The molecule has 0 atom stereocenters. The van der Waals surface area contributed by atoms with Crippen molar-refractivity contribution in [2.45, 2.75) is 129 Å². The Bertz CT molecular complexity index is 766. The van der Waals surface area contributed by atoms with Crippen LogP contribution in [0.1, 0.15) is 142 Å². The second-order valence-electron chi connectivity index (χ2n) is 8.69. The van der Waals surface area contributed by atoms with Gasteiger partial charge in [-0.25, -0.2) is 0 Å². The molecule has 0 aromatic carbocycles. The van der Waals surface area contributed by atoms with Crippen LogP contribution < -0.4 is 0 Å². The van der Waals surface area contributed by atoms with Gasteiger partial charge >= 0.3 is 0 Å². The highest BCUT2D eigenvalue weighted by Gasteiger charge is 1.99. The Kier molecular flexibility index (Phi) is 29.8. The molecule has 3 nitrogen and oxygen atoms in total. The molecule has 0 aliphatic heterocycles. The van der Waals surface area contributed by atoms with Crippen LogP contribution in [0.5, 0.6) is 0 Å². The third kappa shape index (κ3) is 21.3. The Morgan fingerprint density at radius 2 is 1.14 bits per heavy atom. The second-order valence-corrected chi connectivity index (χ2v) is 8.69. The normalized spacial score (nSPS) is 8.92. The minimum atomic E-state index is 0. The summed E-state index contributed by atoms with van der Waals surface area (Å²) in [6, 6.07) is 12.5. The van der Waals surface area contributed by atoms with Gasteiger partial charge in [0.25, 0.3) is 0 Å². The summed E-state index contributed by atoms with van der Waals surface area (Å²) in [5, 5.41) is 0. The summed E-state index contributed by atoms with van der Waals surface area (Å²) in [5.41, 5.74) is 7.32. The first-order valence-corrected chi connectivity index (χ1v) is 13.9. The third-order valence-corrected chi connectivity index (χ3v) is 4.65. The molecule has 37 heavy (non-hydrogen) atoms. The summed E-state index contributed by atoms with van der Waals surface area (Å²) < 4.78 is 0. The first kappa shape index (κ1) is 41.6. The van der Waals surface area contributed by atoms with Crippen LogP contribution in [0.15, 0.2) is 55.0 Å². The van der Waals surface area contributed by atoms with Crippen molar-refractivity contribution in [3.63, 3.8) is 0 Å². The zero-order valence-corrected chi connectivity index (χ0v) is 26.3. The van der Waals surface area contributed by atoms with Gasteiger partial charge < -0.3 is 0 Å². The Balaban J connectivity index is -0.000000197. The molecule has 0 bridgehead atoms. The zero-order chi connectivity index (χ0) is 28.7. The van der Waals surface area contributed by atoms with Gasteiger partial charge in [0.2, 0.25) is 0 Å². The van der Waals surface area contributed by atoms with Crippen LogP contribution in [-0.2, 0) is 0 Å². The average molecular weight is 512 g/mol. The topological polar surface area (TPSA) is 38.7 Å². The molecule has 3 aromatic heterocycles. The Morgan fingerprint density at radius 1 is 0.595 bits per heavy atom. The first-order chi connectivity index (χ1) is 17.1. The van der Waals surface area contributed by atoms with Crippen LogP contribution in [0.2, 0.25) is 0 Å². The Hall–Kier alpha value is -2.55. The molecule has 0 spiro atoms. The molecule has 0 fully saturated rings. The highest BCUT2D eigenvalue weighted by molar-refractivity contribution is 5.19. The fraction of sp³-hybridized carbons (Fsp3) is 0.559. The summed E-state index contributed by atoms with van der Waals surface area (Å²) in [6.07, 6.45) is 5.67. The summed E-state index contributed by atoms with van der Waals surface area (Å²) in [7, 11) is 0. The van der Waals surface area contributed by atoms with Crippen molar-refractivity contribution in [2.75, 3.05) is 0 Å². The standard InChI is InChI=1S/3C9H13N.3C2H6.CH4/c1-7(2)9-4-8(3)5-10-6-9;1-7(2)9-4-5-10-8(3)6-9;1-7(2)9-6-4-5-8(3)10-9;3*1-2;/h3*4-7H,1-3H3;3*1-2H3;1H4. The predicted molar refractivity (Wildman–Crippen MR) is 170 cm³/mol. The van der Waals surface area contributed by atoms with E-state index in [1.807, 2.05) is 80.0 Å². The Morgan fingerprint density at radius 3 is 1.46 bits per heavy atom. The van der Waals surface area contributed by atoms with Crippen LogP contribution >= 0.6 is 0 Å². The van der Waals surface area contributed by atoms with Crippen LogP contribution in [0.25, 0.3) is 0 Å². The Labute approximate surface area is 232 Å². The van der Waals surface area contributed by atoms with E-state index in [1.165, 1.54) is 22.4 Å². The highest BCUT2D eigenvalue weighted by atomic mass is 14.7. The molecular weight excluding hydrogens is 450 g/mol.